The molecule has 0 spiro atoms. The molecule has 0 saturated heterocycles. The van der Waals surface area contributed by atoms with Crippen LogP contribution in [0.5, 0.6) is 11.5 Å². The van der Waals surface area contributed by atoms with Gasteiger partial charge in [0.15, 0.2) is 5.78 Å². The first-order valence-corrected chi connectivity index (χ1v) is 10.3. The number of para-hydroxylation sites is 1. The predicted octanol–water partition coefficient (Wildman–Crippen LogP) is 6.89. The van der Waals surface area contributed by atoms with E-state index >= 15 is 0 Å². The fourth-order valence-electron chi connectivity index (χ4n) is 3.64. The Balaban J connectivity index is 0.00000306. The molecule has 1 aliphatic heterocycles. The molecule has 3 nitrogen and oxygen atoms in total. The van der Waals surface area contributed by atoms with Gasteiger partial charge in [-0.1, -0.05) is 36.4 Å². The molecular weight excluding hydrogens is 451 g/mol. The zero-order valence-electron chi connectivity index (χ0n) is 17.7. The van der Waals surface area contributed by atoms with Crippen molar-refractivity contribution in [2.24, 2.45) is 0 Å². The highest BCUT2D eigenvalue weighted by atomic mass is 35.5. The van der Waals surface area contributed by atoms with E-state index in [2.05, 4.69) is 0 Å². The normalized spacial score (nSPS) is 14.2. The zero-order chi connectivity index (χ0) is 22.6. The number of benzene rings is 3. The van der Waals surface area contributed by atoms with Crippen molar-refractivity contribution in [1.29, 1.82) is 0 Å². The third kappa shape index (κ3) is 6.46. The molecule has 0 N–H and O–H groups in total. The monoisotopic (exact) mass is 473 g/mol. The van der Waals surface area contributed by atoms with Gasteiger partial charge in [0.1, 0.15) is 11.5 Å². The van der Waals surface area contributed by atoms with Gasteiger partial charge in [-0.2, -0.15) is 13.2 Å². The van der Waals surface area contributed by atoms with Crippen LogP contribution in [0, 0.1) is 0 Å². The Morgan fingerprint density at radius 1 is 0.909 bits per heavy atom. The maximum Gasteiger partial charge on any atom is 0.416 e. The van der Waals surface area contributed by atoms with Crippen molar-refractivity contribution in [3.05, 3.63) is 102 Å². The van der Waals surface area contributed by atoms with E-state index in [0.29, 0.717) is 36.4 Å². The van der Waals surface area contributed by atoms with Gasteiger partial charge in [-0.25, -0.2) is 0 Å². The summed E-state index contributed by atoms with van der Waals surface area (Å²) in [7, 11) is 0. The van der Waals surface area contributed by atoms with Crippen LogP contribution >= 0.6 is 12.4 Å². The summed E-state index contributed by atoms with van der Waals surface area (Å²) < 4.78 is 44.6. The highest BCUT2D eigenvalue weighted by Gasteiger charge is 2.30. The van der Waals surface area contributed by atoms with Gasteiger partial charge in [-0.05, 0) is 66.1 Å². The predicted molar refractivity (Wildman–Crippen MR) is 125 cm³/mol. The molecular formula is C26H23ClF3NO2. The van der Waals surface area contributed by atoms with Gasteiger partial charge in [0.2, 0.25) is 0 Å². The Bertz CT molecular complexity index is 1110. The lowest BCUT2D eigenvalue weighted by molar-refractivity contribution is -0.137. The summed E-state index contributed by atoms with van der Waals surface area (Å²) in [6.07, 6.45) is -1.85. The quantitative estimate of drug-likeness (QED) is 0.365. The Morgan fingerprint density at radius 2 is 1.61 bits per heavy atom. The fraction of sp³-hybridized carbons (Fsp3) is 0.192. The van der Waals surface area contributed by atoms with Crippen molar-refractivity contribution in [3.63, 3.8) is 0 Å². The van der Waals surface area contributed by atoms with Gasteiger partial charge in [-0.3, -0.25) is 9.69 Å². The first kappa shape index (κ1) is 24.6. The van der Waals surface area contributed by atoms with E-state index in [-0.39, 0.29) is 24.7 Å². The van der Waals surface area contributed by atoms with E-state index in [9.17, 15) is 18.0 Å². The van der Waals surface area contributed by atoms with Crippen LogP contribution in [0.15, 0.2) is 84.9 Å². The third-order valence-corrected chi connectivity index (χ3v) is 5.38. The van der Waals surface area contributed by atoms with Crippen LogP contribution in [0.2, 0.25) is 0 Å². The van der Waals surface area contributed by atoms with Crippen LogP contribution in [-0.2, 0) is 6.18 Å². The first-order valence-electron chi connectivity index (χ1n) is 10.3. The number of ether oxygens (including phenoxy) is 1. The molecule has 172 valence electrons. The molecule has 3 aromatic carbocycles. The minimum atomic E-state index is -4.36. The number of nitrogens with zero attached hydrogens (tertiary/aromatic N) is 1. The lowest BCUT2D eigenvalue weighted by Crippen LogP contribution is -2.33. The van der Waals surface area contributed by atoms with Crippen LogP contribution in [-0.4, -0.2) is 30.3 Å². The Hall–Kier alpha value is -3.09. The smallest absolute Gasteiger partial charge is 0.416 e. The zero-order valence-corrected chi connectivity index (χ0v) is 18.5. The summed E-state index contributed by atoms with van der Waals surface area (Å²) in [6.45, 7) is 1.39. The summed E-state index contributed by atoms with van der Waals surface area (Å²) >= 11 is 0. The maximum atomic E-state index is 13.0. The second-order valence-electron chi connectivity index (χ2n) is 7.66. The van der Waals surface area contributed by atoms with Crippen molar-refractivity contribution >= 4 is 23.8 Å². The molecule has 1 aliphatic rings. The highest BCUT2D eigenvalue weighted by molar-refractivity contribution is 5.97. The van der Waals surface area contributed by atoms with Crippen LogP contribution in [0.1, 0.15) is 27.9 Å². The summed E-state index contributed by atoms with van der Waals surface area (Å²) in [5.41, 5.74) is 1.41. The van der Waals surface area contributed by atoms with Gasteiger partial charge in [0.25, 0.3) is 0 Å². The number of ketones is 1. The average Bonchev–Trinajstić information content (AvgIpc) is 2.80. The lowest BCUT2D eigenvalue weighted by Gasteiger charge is -2.26. The molecule has 0 bridgehead atoms. The molecule has 0 fully saturated rings. The largest absolute Gasteiger partial charge is 0.457 e. The number of carbonyl (C=O) groups excluding carboxylic acids is 1. The van der Waals surface area contributed by atoms with Crippen LogP contribution in [0.3, 0.4) is 0 Å². The van der Waals surface area contributed by atoms with Crippen molar-refractivity contribution in [2.75, 3.05) is 19.6 Å². The average molecular weight is 474 g/mol. The highest BCUT2D eigenvalue weighted by Crippen LogP contribution is 2.32. The van der Waals surface area contributed by atoms with Gasteiger partial charge in [0.05, 0.1) is 12.1 Å². The minimum absolute atomic E-state index is 0. The Labute approximate surface area is 196 Å². The van der Waals surface area contributed by atoms with Crippen molar-refractivity contribution < 1.29 is 22.7 Å². The van der Waals surface area contributed by atoms with E-state index in [1.54, 1.807) is 30.3 Å². The minimum Gasteiger partial charge on any atom is -0.457 e. The second-order valence-corrected chi connectivity index (χ2v) is 7.66. The molecule has 0 aromatic heterocycles. The SMILES string of the molecule is Cl.O=C(CN1CC=C(c2cccc(C(F)(F)F)c2)CC1)c1ccc(Oc2ccccc2)cc1. The number of hydrogen-bond donors (Lipinski definition) is 0. The lowest BCUT2D eigenvalue weighted by atomic mass is 9.97. The Morgan fingerprint density at radius 3 is 2.24 bits per heavy atom. The summed E-state index contributed by atoms with van der Waals surface area (Å²) in [5, 5.41) is 0. The molecule has 0 aliphatic carbocycles. The summed E-state index contributed by atoms with van der Waals surface area (Å²) in [5.74, 6) is 1.37. The Kier molecular flexibility index (Phi) is 7.95. The molecule has 3 aromatic rings. The van der Waals surface area contributed by atoms with Crippen molar-refractivity contribution in [1.82, 2.24) is 4.90 Å². The molecule has 0 saturated carbocycles. The number of alkyl halides is 3. The van der Waals surface area contributed by atoms with Crippen LogP contribution in [0.25, 0.3) is 5.57 Å². The van der Waals surface area contributed by atoms with Gasteiger partial charge in [-0.15, -0.1) is 12.4 Å². The van der Waals surface area contributed by atoms with Gasteiger partial charge >= 0.3 is 6.18 Å². The number of rotatable bonds is 6. The van der Waals surface area contributed by atoms with Crippen molar-refractivity contribution in [2.45, 2.75) is 12.6 Å². The van der Waals surface area contributed by atoms with Gasteiger partial charge in [0, 0.05) is 18.7 Å². The van der Waals surface area contributed by atoms with Crippen LogP contribution in [0.4, 0.5) is 13.2 Å². The van der Waals surface area contributed by atoms with Crippen LogP contribution < -0.4 is 4.74 Å². The van der Waals surface area contributed by atoms with Gasteiger partial charge < -0.3 is 4.74 Å². The fourth-order valence-corrected chi connectivity index (χ4v) is 3.64. The second kappa shape index (κ2) is 10.7. The third-order valence-electron chi connectivity index (χ3n) is 5.38. The summed E-state index contributed by atoms with van der Waals surface area (Å²) in [6, 6.07) is 21.8. The molecule has 0 radical (unpaired) electrons. The molecule has 0 atom stereocenters. The topological polar surface area (TPSA) is 29.5 Å². The van der Waals surface area contributed by atoms with E-state index < -0.39 is 11.7 Å². The molecule has 4 rings (SSSR count). The standard InChI is InChI=1S/C26H22F3NO2.ClH/c27-26(28,29)22-6-4-5-21(17-22)19-13-15-30(16-14-19)18-25(31)20-9-11-24(12-10-20)32-23-7-2-1-3-8-23;/h1-13,17H,14-16,18H2;1H. The number of carbonyl (C=O) groups is 1. The maximum absolute atomic E-state index is 13.0. The number of hydrogen-bond acceptors (Lipinski definition) is 3. The number of halogens is 4. The first-order chi connectivity index (χ1) is 15.4. The van der Waals surface area contributed by atoms with E-state index in [1.807, 2.05) is 41.3 Å². The number of Topliss-reactive ketones (excluding diaryl/α,β-unsaturated/α-hetero) is 1. The van der Waals surface area contributed by atoms with E-state index in [4.69, 9.17) is 4.74 Å². The molecule has 33 heavy (non-hydrogen) atoms. The summed E-state index contributed by atoms with van der Waals surface area (Å²) in [4.78, 5) is 14.7. The molecule has 0 amide bonds. The molecule has 7 heteroatoms. The van der Waals surface area contributed by atoms with Crippen molar-refractivity contribution in [3.8, 4) is 11.5 Å². The molecule has 1 heterocycles. The van der Waals surface area contributed by atoms with E-state index in [0.717, 1.165) is 17.4 Å². The van der Waals surface area contributed by atoms with E-state index in [1.165, 1.54) is 12.1 Å². The molecule has 0 unspecified atom stereocenters.